The average Bonchev–Trinajstić information content (AvgIpc) is 3.56. The number of benzene rings is 1. The Balaban J connectivity index is 1.81. The molecule has 0 bridgehead atoms. The first-order chi connectivity index (χ1) is 16.5. The summed E-state index contributed by atoms with van der Waals surface area (Å²) in [5, 5.41) is 7.86. The number of hydrogen-bond donors (Lipinski definition) is 2. The van der Waals surface area contributed by atoms with E-state index in [-0.39, 0.29) is 36.6 Å². The van der Waals surface area contributed by atoms with Crippen molar-refractivity contribution in [2.24, 2.45) is 0 Å². The lowest BCUT2D eigenvalue weighted by molar-refractivity contribution is -0.144. The monoisotopic (exact) mass is 488 g/mol. The normalized spacial score (nSPS) is 14.4. The summed E-state index contributed by atoms with van der Waals surface area (Å²) in [6.07, 6.45) is 5.28. The zero-order valence-electron chi connectivity index (χ0n) is 19.6. The molecule has 1 aromatic carbocycles. The van der Waals surface area contributed by atoms with Crippen LogP contribution in [-0.2, 0) is 19.1 Å². The number of carbonyl (C=O) groups is 3. The molecule has 2 aromatic rings. The van der Waals surface area contributed by atoms with Gasteiger partial charge in [0.25, 0.3) is 0 Å². The van der Waals surface area contributed by atoms with Gasteiger partial charge in [-0.2, -0.15) is 0 Å². The van der Waals surface area contributed by atoms with E-state index in [4.69, 9.17) is 9.47 Å². The highest BCUT2D eigenvalue weighted by molar-refractivity contribution is 7.13. The maximum atomic E-state index is 13.5. The van der Waals surface area contributed by atoms with Gasteiger partial charge in [-0.15, -0.1) is 11.3 Å². The fourth-order valence-corrected chi connectivity index (χ4v) is 4.70. The van der Waals surface area contributed by atoms with Gasteiger partial charge in [0.2, 0.25) is 17.7 Å². The summed E-state index contributed by atoms with van der Waals surface area (Å²) in [4.78, 5) is 44.9. The molecule has 1 atom stereocenters. The van der Waals surface area contributed by atoms with Gasteiger partial charge in [-0.3, -0.25) is 14.4 Å². The zero-order valence-corrected chi connectivity index (χ0v) is 20.4. The Bertz CT molecular complexity index is 929. The third kappa shape index (κ3) is 7.01. The molecule has 1 saturated carbocycles. The minimum Gasteiger partial charge on any atom is -0.497 e. The molecule has 9 nitrogen and oxygen atoms in total. The van der Waals surface area contributed by atoms with Crippen molar-refractivity contribution in [1.29, 1.82) is 0 Å². The molecule has 3 rings (SSSR count). The number of hydrogen-bond acceptors (Lipinski definition) is 7. The van der Waals surface area contributed by atoms with Crippen LogP contribution in [0.5, 0.6) is 5.75 Å². The van der Waals surface area contributed by atoms with Crippen LogP contribution in [0.4, 0.5) is 5.13 Å². The van der Waals surface area contributed by atoms with Crippen molar-refractivity contribution < 1.29 is 23.9 Å². The summed E-state index contributed by atoms with van der Waals surface area (Å²) < 4.78 is 10.3. The van der Waals surface area contributed by atoms with E-state index in [2.05, 4.69) is 15.6 Å². The molecule has 10 heteroatoms. The van der Waals surface area contributed by atoms with E-state index < -0.39 is 6.04 Å². The van der Waals surface area contributed by atoms with Crippen LogP contribution in [0.2, 0.25) is 0 Å². The third-order valence-electron chi connectivity index (χ3n) is 5.81. The van der Waals surface area contributed by atoms with E-state index in [1.165, 1.54) is 11.3 Å². The van der Waals surface area contributed by atoms with Crippen molar-refractivity contribution in [3.05, 3.63) is 41.4 Å². The van der Waals surface area contributed by atoms with Crippen molar-refractivity contribution in [2.45, 2.75) is 50.6 Å². The fraction of sp³-hybridized carbons (Fsp3) is 0.500. The first kappa shape index (κ1) is 25.6. The van der Waals surface area contributed by atoms with Crippen LogP contribution in [0.15, 0.2) is 35.8 Å². The molecule has 1 fully saturated rings. The molecule has 1 aliphatic rings. The minimum absolute atomic E-state index is 0.00567. The molecule has 0 radical (unpaired) electrons. The van der Waals surface area contributed by atoms with Gasteiger partial charge in [0, 0.05) is 44.1 Å². The van der Waals surface area contributed by atoms with Gasteiger partial charge in [-0.1, -0.05) is 25.0 Å². The summed E-state index contributed by atoms with van der Waals surface area (Å²) in [5.74, 6) is -0.0984. The topological polar surface area (TPSA) is 110 Å². The van der Waals surface area contributed by atoms with Gasteiger partial charge in [0.05, 0.1) is 13.7 Å². The number of rotatable bonds is 12. The van der Waals surface area contributed by atoms with E-state index in [0.29, 0.717) is 29.6 Å². The molecule has 0 saturated heterocycles. The Morgan fingerprint density at radius 2 is 1.88 bits per heavy atom. The van der Waals surface area contributed by atoms with Gasteiger partial charge in [0.15, 0.2) is 5.13 Å². The van der Waals surface area contributed by atoms with E-state index in [0.717, 1.165) is 25.7 Å². The van der Waals surface area contributed by atoms with Crippen molar-refractivity contribution >= 4 is 34.2 Å². The van der Waals surface area contributed by atoms with Crippen LogP contribution in [0.25, 0.3) is 0 Å². The lowest BCUT2D eigenvalue weighted by Crippen LogP contribution is -2.48. The molecular formula is C24H32N4O5S. The van der Waals surface area contributed by atoms with Gasteiger partial charge < -0.3 is 25.0 Å². The molecule has 1 unspecified atom stereocenters. The predicted molar refractivity (Wildman–Crippen MR) is 130 cm³/mol. The maximum absolute atomic E-state index is 13.5. The number of thiazole rings is 1. The quantitative estimate of drug-likeness (QED) is 0.444. The number of amides is 3. The van der Waals surface area contributed by atoms with Crippen molar-refractivity contribution in [1.82, 2.24) is 15.2 Å². The van der Waals surface area contributed by atoms with Crippen LogP contribution in [0.1, 0.15) is 50.1 Å². The van der Waals surface area contributed by atoms with Crippen LogP contribution in [0, 0.1) is 0 Å². The smallest absolute Gasteiger partial charge is 0.247 e. The Morgan fingerprint density at radius 3 is 2.50 bits per heavy atom. The highest BCUT2D eigenvalue weighted by Crippen LogP contribution is 2.33. The Kier molecular flexibility index (Phi) is 9.84. The summed E-state index contributed by atoms with van der Waals surface area (Å²) in [6.45, 7) is 0.709. The van der Waals surface area contributed by atoms with Crippen molar-refractivity contribution in [3.63, 3.8) is 0 Å². The number of nitrogens with zero attached hydrogens (tertiary/aromatic N) is 2. The Hall–Kier alpha value is -2.98. The molecule has 2 N–H and O–H groups in total. The molecule has 1 aliphatic carbocycles. The van der Waals surface area contributed by atoms with Crippen molar-refractivity contribution in [2.75, 3.05) is 32.7 Å². The molecule has 1 heterocycles. The molecule has 0 aliphatic heterocycles. The SMILES string of the molecule is COCCNC(=O)C(c1ccc(OC)cc1)N(C(=O)CCC(=O)Nc1nccs1)C1CCCC1. The average molecular weight is 489 g/mol. The van der Waals surface area contributed by atoms with Gasteiger partial charge in [0.1, 0.15) is 11.8 Å². The maximum Gasteiger partial charge on any atom is 0.247 e. The van der Waals surface area contributed by atoms with Crippen LogP contribution in [-0.4, -0.2) is 61.0 Å². The minimum atomic E-state index is -0.805. The van der Waals surface area contributed by atoms with Gasteiger partial charge >= 0.3 is 0 Å². The molecule has 34 heavy (non-hydrogen) atoms. The lowest BCUT2D eigenvalue weighted by Gasteiger charge is -2.36. The summed E-state index contributed by atoms with van der Waals surface area (Å²) in [5.41, 5.74) is 0.697. The molecular weight excluding hydrogens is 456 g/mol. The number of methoxy groups -OCH3 is 2. The molecule has 0 spiro atoms. The fourth-order valence-electron chi connectivity index (χ4n) is 4.15. The number of carbonyl (C=O) groups excluding carboxylic acids is 3. The molecule has 184 valence electrons. The predicted octanol–water partition coefficient (Wildman–Crippen LogP) is 3.15. The number of ether oxygens (including phenoxy) is 2. The van der Waals surface area contributed by atoms with Gasteiger partial charge in [-0.25, -0.2) is 4.98 Å². The van der Waals surface area contributed by atoms with Crippen LogP contribution < -0.4 is 15.4 Å². The first-order valence-electron chi connectivity index (χ1n) is 11.4. The summed E-state index contributed by atoms with van der Waals surface area (Å²) >= 11 is 1.32. The highest BCUT2D eigenvalue weighted by Gasteiger charge is 2.37. The third-order valence-corrected chi connectivity index (χ3v) is 6.50. The zero-order chi connectivity index (χ0) is 24.3. The lowest BCUT2D eigenvalue weighted by atomic mass is 10.00. The molecule has 1 aromatic heterocycles. The Morgan fingerprint density at radius 1 is 1.15 bits per heavy atom. The van der Waals surface area contributed by atoms with Crippen LogP contribution >= 0.6 is 11.3 Å². The standard InChI is InChI=1S/C24H32N4O5S/c1-32-15-13-25-23(31)22(17-7-9-19(33-2)10-8-17)28(18-5-3-4-6-18)21(30)12-11-20(29)27-24-26-14-16-34-24/h7-10,14,16,18,22H,3-6,11-13,15H2,1-2H3,(H,25,31)(H,26,27,29). The second-order valence-corrected chi connectivity index (χ2v) is 8.98. The molecule has 3 amide bonds. The largest absolute Gasteiger partial charge is 0.497 e. The first-order valence-corrected chi connectivity index (χ1v) is 12.3. The van der Waals surface area contributed by atoms with E-state index in [9.17, 15) is 14.4 Å². The van der Waals surface area contributed by atoms with E-state index >= 15 is 0 Å². The number of aromatic nitrogens is 1. The highest BCUT2D eigenvalue weighted by atomic mass is 32.1. The summed E-state index contributed by atoms with van der Waals surface area (Å²) in [6, 6.07) is 6.32. The van der Waals surface area contributed by atoms with Gasteiger partial charge in [-0.05, 0) is 30.5 Å². The number of anilines is 1. The van der Waals surface area contributed by atoms with E-state index in [1.54, 1.807) is 42.8 Å². The summed E-state index contributed by atoms with van der Waals surface area (Å²) in [7, 11) is 3.15. The van der Waals surface area contributed by atoms with Crippen molar-refractivity contribution in [3.8, 4) is 5.75 Å². The van der Waals surface area contributed by atoms with Crippen LogP contribution in [0.3, 0.4) is 0 Å². The Labute approximate surface area is 203 Å². The van der Waals surface area contributed by atoms with E-state index in [1.807, 2.05) is 12.1 Å². The number of nitrogens with one attached hydrogen (secondary N) is 2. The second kappa shape index (κ2) is 13.0. The second-order valence-electron chi connectivity index (χ2n) is 8.08.